The number of morpholine rings is 1. The average molecular weight is 402 g/mol. The van der Waals surface area contributed by atoms with Crippen molar-refractivity contribution >= 4 is 44.0 Å². The van der Waals surface area contributed by atoms with Crippen LogP contribution in [0.1, 0.15) is 10.4 Å². The van der Waals surface area contributed by atoms with Crippen LogP contribution in [0.3, 0.4) is 0 Å². The second-order valence-electron chi connectivity index (χ2n) is 6.12. The fourth-order valence-corrected chi connectivity index (χ4v) is 3.90. The van der Waals surface area contributed by atoms with Crippen molar-refractivity contribution in [3.8, 4) is 0 Å². The van der Waals surface area contributed by atoms with Gasteiger partial charge < -0.3 is 9.64 Å². The molecule has 2 heterocycles. The minimum Gasteiger partial charge on any atom is -0.378 e. The normalized spacial score (nSPS) is 14.2. The lowest BCUT2D eigenvalue weighted by Crippen LogP contribution is -2.36. The van der Waals surface area contributed by atoms with Gasteiger partial charge in [0.1, 0.15) is 17.0 Å². The number of nitrogens with zero attached hydrogens (tertiary/aromatic N) is 3. The lowest BCUT2D eigenvalue weighted by atomic mass is 10.1. The summed E-state index contributed by atoms with van der Waals surface area (Å²) in [5.41, 5.74) is 0.608. The zero-order chi connectivity index (χ0) is 19.7. The number of fused-ring (bicyclic) bond motifs is 1. The summed E-state index contributed by atoms with van der Waals surface area (Å²) >= 11 is 1.13. The van der Waals surface area contributed by atoms with E-state index in [1.807, 2.05) is 4.90 Å². The number of hydrogen-bond acceptors (Lipinski definition) is 7. The minimum absolute atomic E-state index is 0.128. The number of carbonyl (C=O) groups excluding carboxylic acids is 1. The second-order valence-corrected chi connectivity index (χ2v) is 7.15. The van der Waals surface area contributed by atoms with Crippen molar-refractivity contribution in [2.75, 3.05) is 36.5 Å². The summed E-state index contributed by atoms with van der Waals surface area (Å²) in [5, 5.41) is 14.3. The molecule has 0 unspecified atom stereocenters. The quantitative estimate of drug-likeness (QED) is 0.530. The highest BCUT2D eigenvalue weighted by Gasteiger charge is 2.23. The van der Waals surface area contributed by atoms with Crippen LogP contribution < -0.4 is 10.2 Å². The van der Waals surface area contributed by atoms with E-state index in [2.05, 4.69) is 10.3 Å². The van der Waals surface area contributed by atoms with Crippen LogP contribution in [-0.4, -0.2) is 42.1 Å². The second kappa shape index (κ2) is 7.49. The molecule has 0 bridgehead atoms. The van der Waals surface area contributed by atoms with Crippen LogP contribution in [0, 0.1) is 15.9 Å². The summed E-state index contributed by atoms with van der Waals surface area (Å²) in [5.74, 6) is -1.02. The SMILES string of the molecule is O=C(Nc1nc2c(F)cccc2s1)c1ccc(N2CCOCC2)c([N+](=O)[O-])c1. The van der Waals surface area contributed by atoms with E-state index in [-0.39, 0.29) is 21.9 Å². The molecule has 0 aliphatic carbocycles. The van der Waals surface area contributed by atoms with Gasteiger partial charge in [-0.1, -0.05) is 17.4 Å². The van der Waals surface area contributed by atoms with E-state index < -0.39 is 16.6 Å². The fraction of sp³-hybridized carbons (Fsp3) is 0.222. The molecule has 28 heavy (non-hydrogen) atoms. The van der Waals surface area contributed by atoms with Crippen LogP contribution in [0.2, 0.25) is 0 Å². The lowest BCUT2D eigenvalue weighted by molar-refractivity contribution is -0.384. The van der Waals surface area contributed by atoms with Gasteiger partial charge in [-0.3, -0.25) is 20.2 Å². The van der Waals surface area contributed by atoms with Crippen molar-refractivity contribution < 1.29 is 18.8 Å². The van der Waals surface area contributed by atoms with E-state index in [1.165, 1.54) is 18.2 Å². The molecule has 4 rings (SSSR count). The van der Waals surface area contributed by atoms with Crippen molar-refractivity contribution in [2.24, 2.45) is 0 Å². The first-order valence-corrected chi connectivity index (χ1v) is 9.32. The Bertz CT molecular complexity index is 1060. The fourth-order valence-electron chi connectivity index (χ4n) is 3.02. The summed E-state index contributed by atoms with van der Waals surface area (Å²) in [6, 6.07) is 8.90. The Morgan fingerprint density at radius 2 is 2.07 bits per heavy atom. The van der Waals surface area contributed by atoms with Crippen LogP contribution in [0.4, 0.5) is 20.9 Å². The number of thiazole rings is 1. The van der Waals surface area contributed by atoms with E-state index in [0.717, 1.165) is 11.3 Å². The van der Waals surface area contributed by atoms with E-state index in [1.54, 1.807) is 18.2 Å². The summed E-state index contributed by atoms with van der Waals surface area (Å²) in [6.45, 7) is 2.08. The van der Waals surface area contributed by atoms with E-state index in [9.17, 15) is 19.3 Å². The zero-order valence-electron chi connectivity index (χ0n) is 14.6. The van der Waals surface area contributed by atoms with Gasteiger partial charge in [-0.25, -0.2) is 9.37 Å². The van der Waals surface area contributed by atoms with Crippen molar-refractivity contribution in [3.63, 3.8) is 0 Å². The van der Waals surface area contributed by atoms with Crippen LogP contribution in [0.25, 0.3) is 10.2 Å². The number of nitro groups is 1. The topological polar surface area (TPSA) is 97.6 Å². The number of nitrogens with one attached hydrogen (secondary N) is 1. The summed E-state index contributed by atoms with van der Waals surface area (Å²) in [4.78, 5) is 29.5. The first-order valence-electron chi connectivity index (χ1n) is 8.50. The van der Waals surface area contributed by atoms with Gasteiger partial charge in [0, 0.05) is 24.7 Å². The van der Waals surface area contributed by atoms with E-state index >= 15 is 0 Å². The van der Waals surface area contributed by atoms with Crippen LogP contribution in [0.5, 0.6) is 0 Å². The summed E-state index contributed by atoms with van der Waals surface area (Å²) in [7, 11) is 0. The molecule has 1 saturated heterocycles. The average Bonchev–Trinajstić information content (AvgIpc) is 3.12. The largest absolute Gasteiger partial charge is 0.378 e. The molecule has 1 amide bonds. The summed E-state index contributed by atoms with van der Waals surface area (Å²) < 4.78 is 19.6. The predicted molar refractivity (Wildman–Crippen MR) is 104 cm³/mol. The molecule has 1 N–H and O–H groups in total. The van der Waals surface area contributed by atoms with Crippen LogP contribution in [0.15, 0.2) is 36.4 Å². The van der Waals surface area contributed by atoms with Gasteiger partial charge in [0.15, 0.2) is 5.13 Å². The molecule has 10 heteroatoms. The minimum atomic E-state index is -0.545. The number of para-hydroxylation sites is 1. The number of halogens is 1. The third-order valence-electron chi connectivity index (χ3n) is 4.38. The molecule has 1 aromatic heterocycles. The van der Waals surface area contributed by atoms with Gasteiger partial charge in [0.05, 0.1) is 22.8 Å². The number of hydrogen-bond donors (Lipinski definition) is 1. The molecule has 144 valence electrons. The Balaban J connectivity index is 1.60. The first-order chi connectivity index (χ1) is 13.5. The van der Waals surface area contributed by atoms with Gasteiger partial charge in [-0.15, -0.1) is 0 Å². The number of benzene rings is 2. The Morgan fingerprint density at radius 3 is 2.79 bits per heavy atom. The Hall–Kier alpha value is -3.11. The molecule has 1 fully saturated rings. The lowest BCUT2D eigenvalue weighted by Gasteiger charge is -2.28. The molecule has 0 radical (unpaired) electrons. The highest BCUT2D eigenvalue weighted by atomic mass is 32.1. The summed E-state index contributed by atoms with van der Waals surface area (Å²) in [6.07, 6.45) is 0. The van der Waals surface area contributed by atoms with Crippen molar-refractivity contribution in [1.82, 2.24) is 4.98 Å². The smallest absolute Gasteiger partial charge is 0.293 e. The maximum atomic E-state index is 13.8. The number of rotatable bonds is 4. The van der Waals surface area contributed by atoms with E-state index in [0.29, 0.717) is 36.7 Å². The molecular formula is C18H15FN4O4S. The van der Waals surface area contributed by atoms with Crippen molar-refractivity contribution in [2.45, 2.75) is 0 Å². The van der Waals surface area contributed by atoms with Crippen LogP contribution >= 0.6 is 11.3 Å². The van der Waals surface area contributed by atoms with Gasteiger partial charge in [-0.05, 0) is 24.3 Å². The maximum Gasteiger partial charge on any atom is 0.293 e. The molecule has 0 saturated carbocycles. The highest BCUT2D eigenvalue weighted by molar-refractivity contribution is 7.22. The maximum absolute atomic E-state index is 13.8. The van der Waals surface area contributed by atoms with Gasteiger partial charge in [-0.2, -0.15) is 0 Å². The van der Waals surface area contributed by atoms with Gasteiger partial charge in [0.2, 0.25) is 0 Å². The van der Waals surface area contributed by atoms with E-state index in [4.69, 9.17) is 4.74 Å². The molecule has 0 spiro atoms. The first kappa shape index (κ1) is 18.3. The number of anilines is 2. The molecule has 0 atom stereocenters. The molecule has 3 aromatic rings. The standard InChI is InChI=1S/C18H15FN4O4S/c19-12-2-1-3-15-16(12)20-18(28-15)21-17(24)11-4-5-13(14(10-11)23(25)26)22-6-8-27-9-7-22/h1-5,10H,6-9H2,(H,20,21,24). The monoisotopic (exact) mass is 402 g/mol. The van der Waals surface area contributed by atoms with Gasteiger partial charge >= 0.3 is 0 Å². The molecule has 1 aliphatic heterocycles. The molecule has 8 nitrogen and oxygen atoms in total. The highest BCUT2D eigenvalue weighted by Crippen LogP contribution is 2.31. The number of amides is 1. The number of aromatic nitrogens is 1. The Morgan fingerprint density at radius 1 is 1.29 bits per heavy atom. The zero-order valence-corrected chi connectivity index (χ0v) is 15.4. The van der Waals surface area contributed by atoms with Crippen LogP contribution in [-0.2, 0) is 4.74 Å². The predicted octanol–water partition coefficient (Wildman–Crippen LogP) is 3.43. The third kappa shape index (κ3) is 3.51. The van der Waals surface area contributed by atoms with Crippen molar-refractivity contribution in [3.05, 3.63) is 57.9 Å². The molecule has 1 aliphatic rings. The Kier molecular flexibility index (Phi) is 4.88. The van der Waals surface area contributed by atoms with Crippen molar-refractivity contribution in [1.29, 1.82) is 0 Å². The number of nitro benzene ring substituents is 1. The number of ether oxygens (including phenoxy) is 1. The third-order valence-corrected chi connectivity index (χ3v) is 5.31. The molecule has 2 aromatic carbocycles. The van der Waals surface area contributed by atoms with Gasteiger partial charge in [0.25, 0.3) is 11.6 Å². The number of carbonyl (C=O) groups is 1. The Labute approximate surface area is 162 Å². The molecular weight excluding hydrogens is 387 g/mol.